The first-order valence-corrected chi connectivity index (χ1v) is 8.44. The Kier molecular flexibility index (Phi) is 4.40. The Hall–Kier alpha value is -3.88. The van der Waals surface area contributed by atoms with Crippen LogP contribution in [0.5, 0.6) is 0 Å². The van der Waals surface area contributed by atoms with Crippen LogP contribution < -0.4 is 10.9 Å². The topological polar surface area (TPSA) is 94.7 Å². The maximum absolute atomic E-state index is 13.5. The fourth-order valence-corrected chi connectivity index (χ4v) is 2.82. The van der Waals surface area contributed by atoms with Gasteiger partial charge in [-0.2, -0.15) is 4.68 Å². The van der Waals surface area contributed by atoms with Gasteiger partial charge in [-0.05, 0) is 42.8 Å². The lowest BCUT2D eigenvalue weighted by atomic mass is 10.2. The molecule has 0 fully saturated rings. The van der Waals surface area contributed by atoms with Gasteiger partial charge in [0, 0.05) is 5.69 Å². The molecule has 2 aromatic heterocycles. The molecule has 0 spiro atoms. The average molecular weight is 378 g/mol. The van der Waals surface area contributed by atoms with Gasteiger partial charge in [-0.1, -0.05) is 23.4 Å². The van der Waals surface area contributed by atoms with E-state index in [0.717, 1.165) is 10.1 Å². The number of carbonyl (C=O) groups excluding carboxylic acids is 1. The fraction of sp³-hybridized carbons (Fsp3) is 0.105. The van der Waals surface area contributed by atoms with Crippen LogP contribution >= 0.6 is 0 Å². The third-order valence-corrected chi connectivity index (χ3v) is 4.10. The van der Waals surface area contributed by atoms with Gasteiger partial charge in [-0.25, -0.2) is 9.37 Å². The van der Waals surface area contributed by atoms with E-state index in [-0.39, 0.29) is 23.6 Å². The monoisotopic (exact) mass is 378 g/mol. The first-order chi connectivity index (χ1) is 13.5. The van der Waals surface area contributed by atoms with Gasteiger partial charge >= 0.3 is 0 Å². The van der Waals surface area contributed by atoms with E-state index in [1.54, 1.807) is 12.1 Å². The van der Waals surface area contributed by atoms with E-state index in [0.29, 0.717) is 11.4 Å². The summed E-state index contributed by atoms with van der Waals surface area (Å²) in [5, 5.41) is 10.5. The highest BCUT2D eigenvalue weighted by atomic mass is 19.1. The molecule has 0 aliphatic carbocycles. The van der Waals surface area contributed by atoms with E-state index in [2.05, 4.69) is 20.6 Å². The Bertz CT molecular complexity index is 1250. The lowest BCUT2D eigenvalue weighted by Crippen LogP contribution is -2.28. The molecule has 28 heavy (non-hydrogen) atoms. The summed E-state index contributed by atoms with van der Waals surface area (Å²) in [7, 11) is 0. The maximum Gasteiger partial charge on any atom is 0.284 e. The minimum absolute atomic E-state index is 0.00452. The molecule has 2 aromatic carbocycles. The van der Waals surface area contributed by atoms with Gasteiger partial charge in [-0.15, -0.1) is 5.10 Å². The first kappa shape index (κ1) is 17.5. The molecule has 9 heteroatoms. The average Bonchev–Trinajstić information content (AvgIpc) is 3.09. The number of halogens is 1. The van der Waals surface area contributed by atoms with Crippen molar-refractivity contribution in [2.45, 2.75) is 13.5 Å². The standard InChI is InChI=1S/C19H15FN6O2/c1-12-4-2-6-14(8-12)22-16(27)10-25-11-21-18-17(19(25)28)23-24-26(18)15-7-3-5-13(20)9-15/h2-9,11H,10H2,1H3,(H,22,27). The number of rotatable bonds is 4. The quantitative estimate of drug-likeness (QED) is 0.587. The molecule has 0 aliphatic heterocycles. The predicted molar refractivity (Wildman–Crippen MR) is 101 cm³/mol. The van der Waals surface area contributed by atoms with Crippen LogP contribution in [0, 0.1) is 12.7 Å². The number of hydrogen-bond acceptors (Lipinski definition) is 5. The molecule has 0 atom stereocenters. The summed E-state index contributed by atoms with van der Waals surface area (Å²) >= 11 is 0. The summed E-state index contributed by atoms with van der Waals surface area (Å²) in [5.41, 5.74) is 1.72. The number of aryl methyl sites for hydroxylation is 1. The number of nitrogens with one attached hydrogen (secondary N) is 1. The van der Waals surface area contributed by atoms with Crippen LogP contribution in [0.3, 0.4) is 0 Å². The zero-order valence-corrected chi connectivity index (χ0v) is 14.8. The van der Waals surface area contributed by atoms with Crippen molar-refractivity contribution in [2.75, 3.05) is 5.32 Å². The van der Waals surface area contributed by atoms with Gasteiger partial charge in [0.25, 0.3) is 5.56 Å². The molecule has 4 rings (SSSR count). The molecule has 0 aliphatic rings. The normalized spacial score (nSPS) is 10.9. The highest BCUT2D eigenvalue weighted by Crippen LogP contribution is 2.13. The Morgan fingerprint density at radius 3 is 2.79 bits per heavy atom. The van der Waals surface area contributed by atoms with Gasteiger partial charge in [-0.3, -0.25) is 14.2 Å². The number of aromatic nitrogens is 5. The van der Waals surface area contributed by atoms with Crippen molar-refractivity contribution < 1.29 is 9.18 Å². The van der Waals surface area contributed by atoms with E-state index in [9.17, 15) is 14.0 Å². The second-order valence-electron chi connectivity index (χ2n) is 6.25. The van der Waals surface area contributed by atoms with Crippen molar-refractivity contribution in [1.82, 2.24) is 24.5 Å². The van der Waals surface area contributed by atoms with Crippen LogP contribution in [0.1, 0.15) is 5.56 Å². The number of fused-ring (bicyclic) bond motifs is 1. The number of nitrogens with zero attached hydrogens (tertiary/aromatic N) is 5. The van der Waals surface area contributed by atoms with Crippen LogP contribution in [0.2, 0.25) is 0 Å². The highest BCUT2D eigenvalue weighted by molar-refractivity contribution is 5.90. The van der Waals surface area contributed by atoms with Crippen molar-refractivity contribution >= 4 is 22.8 Å². The summed E-state index contributed by atoms with van der Waals surface area (Å²) in [4.78, 5) is 29.1. The number of hydrogen-bond donors (Lipinski definition) is 1. The molecule has 0 saturated carbocycles. The van der Waals surface area contributed by atoms with Crippen LogP contribution in [-0.2, 0) is 11.3 Å². The van der Waals surface area contributed by atoms with E-state index in [1.165, 1.54) is 29.2 Å². The summed E-state index contributed by atoms with van der Waals surface area (Å²) in [5.74, 6) is -0.811. The molecule has 8 nitrogen and oxygen atoms in total. The summed E-state index contributed by atoms with van der Waals surface area (Å²) < 4.78 is 15.9. The third-order valence-electron chi connectivity index (χ3n) is 4.10. The summed E-state index contributed by atoms with van der Waals surface area (Å²) in [6.07, 6.45) is 1.25. The highest BCUT2D eigenvalue weighted by Gasteiger charge is 2.15. The molecular weight excluding hydrogens is 363 g/mol. The lowest BCUT2D eigenvalue weighted by Gasteiger charge is -2.08. The molecule has 140 valence electrons. The van der Waals surface area contributed by atoms with Crippen molar-refractivity contribution in [1.29, 1.82) is 0 Å². The molecule has 0 saturated heterocycles. The minimum Gasteiger partial charge on any atom is -0.325 e. The molecule has 0 bridgehead atoms. The second-order valence-corrected chi connectivity index (χ2v) is 6.25. The van der Waals surface area contributed by atoms with Gasteiger partial charge in [0.1, 0.15) is 18.7 Å². The first-order valence-electron chi connectivity index (χ1n) is 8.44. The Labute approximate surface area is 158 Å². The lowest BCUT2D eigenvalue weighted by molar-refractivity contribution is -0.116. The molecule has 1 amide bonds. The molecular formula is C19H15FN6O2. The zero-order valence-electron chi connectivity index (χ0n) is 14.8. The van der Waals surface area contributed by atoms with Crippen molar-refractivity contribution in [3.63, 3.8) is 0 Å². The van der Waals surface area contributed by atoms with Crippen molar-refractivity contribution in [3.05, 3.63) is 76.6 Å². The maximum atomic E-state index is 13.5. The van der Waals surface area contributed by atoms with E-state index < -0.39 is 11.4 Å². The van der Waals surface area contributed by atoms with Gasteiger partial charge in [0.2, 0.25) is 5.91 Å². The van der Waals surface area contributed by atoms with Gasteiger partial charge in [0.05, 0.1) is 5.69 Å². The Balaban J connectivity index is 1.62. The van der Waals surface area contributed by atoms with E-state index in [4.69, 9.17) is 0 Å². The molecule has 4 aromatic rings. The molecule has 0 radical (unpaired) electrons. The summed E-state index contributed by atoms with van der Waals surface area (Å²) in [6, 6.07) is 13.0. The third kappa shape index (κ3) is 3.37. The second kappa shape index (κ2) is 7.03. The van der Waals surface area contributed by atoms with E-state index >= 15 is 0 Å². The summed E-state index contributed by atoms with van der Waals surface area (Å²) in [6.45, 7) is 1.70. The smallest absolute Gasteiger partial charge is 0.284 e. The van der Waals surface area contributed by atoms with E-state index in [1.807, 2.05) is 25.1 Å². The number of anilines is 1. The molecule has 1 N–H and O–H groups in total. The van der Waals surface area contributed by atoms with Crippen molar-refractivity contribution in [2.24, 2.45) is 0 Å². The zero-order chi connectivity index (χ0) is 19.7. The number of benzene rings is 2. The van der Waals surface area contributed by atoms with Crippen LogP contribution in [0.15, 0.2) is 59.7 Å². The SMILES string of the molecule is Cc1cccc(NC(=O)Cn2cnc3c(nnn3-c3cccc(F)c3)c2=O)c1. The minimum atomic E-state index is -0.507. The number of carbonyl (C=O) groups is 1. The van der Waals surface area contributed by atoms with Gasteiger partial charge < -0.3 is 5.32 Å². The van der Waals surface area contributed by atoms with Crippen LogP contribution in [0.25, 0.3) is 16.9 Å². The van der Waals surface area contributed by atoms with Crippen molar-refractivity contribution in [3.8, 4) is 5.69 Å². The van der Waals surface area contributed by atoms with Crippen LogP contribution in [0.4, 0.5) is 10.1 Å². The fourth-order valence-electron chi connectivity index (χ4n) is 2.82. The predicted octanol–water partition coefficient (Wildman–Crippen LogP) is 2.06. The molecule has 2 heterocycles. The van der Waals surface area contributed by atoms with Crippen LogP contribution in [-0.4, -0.2) is 30.5 Å². The Morgan fingerprint density at radius 2 is 2.00 bits per heavy atom. The van der Waals surface area contributed by atoms with Gasteiger partial charge in [0.15, 0.2) is 11.2 Å². The number of amides is 1. The Morgan fingerprint density at radius 1 is 1.18 bits per heavy atom. The molecule has 0 unspecified atom stereocenters. The largest absolute Gasteiger partial charge is 0.325 e.